The molecule has 18 heavy (non-hydrogen) atoms. The van der Waals surface area contributed by atoms with Crippen LogP contribution in [0.1, 0.15) is 31.4 Å². The molecule has 0 bridgehead atoms. The number of carbonyl (C=O) groups is 1. The standard InChI is InChI=1S/C15H18O3/c1-2-17-10-6-9-13-11-14(18-15(13)16)12-7-4-3-5-8-12/h3-8,10,13-14H,2,9,11H2,1H3/b10-6-/t13-,14+/m1/s1. The van der Waals surface area contributed by atoms with Gasteiger partial charge in [0.05, 0.1) is 18.8 Å². The summed E-state index contributed by atoms with van der Waals surface area (Å²) in [5.74, 6) is -0.156. The highest BCUT2D eigenvalue weighted by molar-refractivity contribution is 5.75. The third-order valence-electron chi connectivity index (χ3n) is 3.04. The first-order valence-corrected chi connectivity index (χ1v) is 6.33. The molecular weight excluding hydrogens is 228 g/mol. The van der Waals surface area contributed by atoms with Gasteiger partial charge in [-0.3, -0.25) is 4.79 Å². The maximum absolute atomic E-state index is 11.7. The third kappa shape index (κ3) is 3.13. The summed E-state index contributed by atoms with van der Waals surface area (Å²) >= 11 is 0. The molecule has 96 valence electrons. The van der Waals surface area contributed by atoms with Gasteiger partial charge in [-0.15, -0.1) is 0 Å². The van der Waals surface area contributed by atoms with Gasteiger partial charge in [0, 0.05) is 6.42 Å². The maximum Gasteiger partial charge on any atom is 0.310 e. The van der Waals surface area contributed by atoms with Crippen LogP contribution in [0.15, 0.2) is 42.7 Å². The lowest BCUT2D eigenvalue weighted by molar-refractivity contribution is -0.144. The monoisotopic (exact) mass is 246 g/mol. The van der Waals surface area contributed by atoms with Crippen LogP contribution in [-0.4, -0.2) is 12.6 Å². The van der Waals surface area contributed by atoms with Crippen LogP contribution in [0, 0.1) is 5.92 Å². The van der Waals surface area contributed by atoms with Crippen molar-refractivity contribution in [1.29, 1.82) is 0 Å². The first kappa shape index (κ1) is 12.7. The molecule has 1 saturated heterocycles. The van der Waals surface area contributed by atoms with Gasteiger partial charge >= 0.3 is 5.97 Å². The lowest BCUT2D eigenvalue weighted by atomic mass is 9.98. The first-order valence-electron chi connectivity index (χ1n) is 6.33. The highest BCUT2D eigenvalue weighted by Gasteiger charge is 2.34. The number of esters is 1. The van der Waals surface area contributed by atoms with E-state index in [1.54, 1.807) is 6.26 Å². The van der Waals surface area contributed by atoms with E-state index in [0.29, 0.717) is 13.0 Å². The molecule has 1 fully saturated rings. The van der Waals surface area contributed by atoms with Crippen molar-refractivity contribution >= 4 is 5.97 Å². The molecule has 1 aromatic rings. The Kier molecular flexibility index (Phi) is 4.40. The van der Waals surface area contributed by atoms with Crippen molar-refractivity contribution in [2.24, 2.45) is 5.92 Å². The van der Waals surface area contributed by atoms with Gasteiger partial charge in [0.25, 0.3) is 0 Å². The fourth-order valence-electron chi connectivity index (χ4n) is 2.09. The molecule has 0 aromatic heterocycles. The molecule has 1 aliphatic rings. The number of carbonyl (C=O) groups excluding carboxylic acids is 1. The van der Waals surface area contributed by atoms with Crippen molar-refractivity contribution < 1.29 is 14.3 Å². The quantitative estimate of drug-likeness (QED) is 0.591. The van der Waals surface area contributed by atoms with E-state index >= 15 is 0 Å². The van der Waals surface area contributed by atoms with E-state index in [1.165, 1.54) is 0 Å². The van der Waals surface area contributed by atoms with Crippen LogP contribution in [0.4, 0.5) is 0 Å². The van der Waals surface area contributed by atoms with Crippen molar-refractivity contribution in [1.82, 2.24) is 0 Å². The Morgan fingerprint density at radius 3 is 2.89 bits per heavy atom. The molecule has 0 unspecified atom stereocenters. The van der Waals surface area contributed by atoms with Crippen LogP contribution in [0.5, 0.6) is 0 Å². The Balaban J connectivity index is 1.91. The molecule has 1 heterocycles. The van der Waals surface area contributed by atoms with Crippen LogP contribution in [0.3, 0.4) is 0 Å². The molecular formula is C15H18O3. The molecule has 3 nitrogen and oxygen atoms in total. The summed E-state index contributed by atoms with van der Waals surface area (Å²) in [5.41, 5.74) is 1.07. The summed E-state index contributed by atoms with van der Waals surface area (Å²) in [6, 6.07) is 9.88. The summed E-state index contributed by atoms with van der Waals surface area (Å²) < 4.78 is 10.5. The Bertz CT molecular complexity index is 411. The van der Waals surface area contributed by atoms with E-state index < -0.39 is 0 Å². The molecule has 3 heteroatoms. The van der Waals surface area contributed by atoms with Crippen molar-refractivity contribution in [3.63, 3.8) is 0 Å². The highest BCUT2D eigenvalue weighted by Crippen LogP contribution is 2.34. The summed E-state index contributed by atoms with van der Waals surface area (Å²) in [5, 5.41) is 0. The summed E-state index contributed by atoms with van der Waals surface area (Å²) in [6.45, 7) is 2.58. The van der Waals surface area contributed by atoms with Gasteiger partial charge in [-0.2, -0.15) is 0 Å². The zero-order valence-electron chi connectivity index (χ0n) is 10.5. The van der Waals surface area contributed by atoms with E-state index in [2.05, 4.69) is 0 Å². The SMILES string of the molecule is CCO/C=C\C[C@@H]1C[C@@H](c2ccccc2)OC1=O. The van der Waals surface area contributed by atoms with E-state index in [-0.39, 0.29) is 18.0 Å². The second-order valence-electron chi connectivity index (χ2n) is 4.33. The minimum atomic E-state index is -0.106. The molecule has 0 spiro atoms. The summed E-state index contributed by atoms with van der Waals surface area (Å²) in [7, 11) is 0. The van der Waals surface area contributed by atoms with Crippen LogP contribution in [0.2, 0.25) is 0 Å². The molecule has 0 aliphatic carbocycles. The first-order chi connectivity index (χ1) is 8.81. The van der Waals surface area contributed by atoms with E-state index in [0.717, 1.165) is 12.0 Å². The predicted octanol–water partition coefficient (Wildman–Crippen LogP) is 3.23. The van der Waals surface area contributed by atoms with Crippen molar-refractivity contribution in [2.75, 3.05) is 6.61 Å². The lowest BCUT2D eigenvalue weighted by Gasteiger charge is -2.08. The largest absolute Gasteiger partial charge is 0.502 e. The van der Waals surface area contributed by atoms with Crippen LogP contribution < -0.4 is 0 Å². The number of allylic oxidation sites excluding steroid dienone is 1. The van der Waals surface area contributed by atoms with E-state index in [4.69, 9.17) is 9.47 Å². The second kappa shape index (κ2) is 6.24. The van der Waals surface area contributed by atoms with Gasteiger partial charge in [0.2, 0.25) is 0 Å². The van der Waals surface area contributed by atoms with Crippen molar-refractivity contribution in [3.8, 4) is 0 Å². The van der Waals surface area contributed by atoms with Gasteiger partial charge in [-0.05, 0) is 25.0 Å². The molecule has 2 rings (SSSR count). The van der Waals surface area contributed by atoms with Crippen LogP contribution in [-0.2, 0) is 14.3 Å². The normalized spacial score (nSPS) is 23.3. The Morgan fingerprint density at radius 2 is 2.17 bits per heavy atom. The third-order valence-corrected chi connectivity index (χ3v) is 3.04. The molecule has 2 atom stereocenters. The van der Waals surface area contributed by atoms with Gasteiger partial charge in [0.1, 0.15) is 6.10 Å². The molecule has 0 saturated carbocycles. The Labute approximate surface area is 107 Å². The Morgan fingerprint density at radius 1 is 1.39 bits per heavy atom. The molecule has 0 radical (unpaired) electrons. The van der Waals surface area contributed by atoms with Crippen LogP contribution in [0.25, 0.3) is 0 Å². The van der Waals surface area contributed by atoms with Gasteiger partial charge in [-0.25, -0.2) is 0 Å². The van der Waals surface area contributed by atoms with Crippen molar-refractivity contribution in [3.05, 3.63) is 48.2 Å². The second-order valence-corrected chi connectivity index (χ2v) is 4.33. The molecule has 1 aliphatic heterocycles. The molecule has 0 N–H and O–H groups in total. The van der Waals surface area contributed by atoms with E-state index in [9.17, 15) is 4.79 Å². The average molecular weight is 246 g/mol. The fraction of sp³-hybridized carbons (Fsp3) is 0.400. The molecule has 1 aromatic carbocycles. The minimum absolute atomic E-state index is 0.0492. The number of rotatable bonds is 5. The van der Waals surface area contributed by atoms with Gasteiger partial charge < -0.3 is 9.47 Å². The smallest absolute Gasteiger partial charge is 0.310 e. The predicted molar refractivity (Wildman–Crippen MR) is 68.8 cm³/mol. The summed E-state index contributed by atoms with van der Waals surface area (Å²) in [6.07, 6.45) is 4.89. The number of ether oxygens (including phenoxy) is 2. The van der Waals surface area contributed by atoms with Crippen molar-refractivity contribution in [2.45, 2.75) is 25.9 Å². The number of hydrogen-bond donors (Lipinski definition) is 0. The highest BCUT2D eigenvalue weighted by atomic mass is 16.6. The minimum Gasteiger partial charge on any atom is -0.502 e. The average Bonchev–Trinajstić information content (AvgIpc) is 2.77. The topological polar surface area (TPSA) is 35.5 Å². The maximum atomic E-state index is 11.7. The fourth-order valence-corrected chi connectivity index (χ4v) is 2.09. The van der Waals surface area contributed by atoms with Gasteiger partial charge in [-0.1, -0.05) is 30.3 Å². The lowest BCUT2D eigenvalue weighted by Crippen LogP contribution is -2.05. The number of hydrogen-bond acceptors (Lipinski definition) is 3. The van der Waals surface area contributed by atoms with Gasteiger partial charge in [0.15, 0.2) is 0 Å². The van der Waals surface area contributed by atoms with Crippen LogP contribution >= 0.6 is 0 Å². The summed E-state index contributed by atoms with van der Waals surface area (Å²) in [4.78, 5) is 11.7. The number of benzene rings is 1. The number of cyclic esters (lactones) is 1. The Hall–Kier alpha value is -1.77. The molecule has 0 amide bonds. The zero-order chi connectivity index (χ0) is 12.8. The van der Waals surface area contributed by atoms with E-state index in [1.807, 2.05) is 43.3 Å². The zero-order valence-corrected chi connectivity index (χ0v) is 10.5.